The maximum Gasteiger partial charge on any atom is 0.244 e. The summed E-state index contributed by atoms with van der Waals surface area (Å²) in [7, 11) is -2.11. The van der Waals surface area contributed by atoms with Gasteiger partial charge in [-0.1, -0.05) is 22.9 Å². The van der Waals surface area contributed by atoms with Gasteiger partial charge in [-0.3, -0.25) is 0 Å². The molecule has 0 aliphatic carbocycles. The number of methoxy groups -OCH3 is 1. The Kier molecular flexibility index (Phi) is 6.43. The third kappa shape index (κ3) is 5.39. The summed E-state index contributed by atoms with van der Waals surface area (Å²) < 4.78 is 44.0. The van der Waals surface area contributed by atoms with E-state index in [1.165, 1.54) is 0 Å². The fourth-order valence-electron chi connectivity index (χ4n) is 3.05. The standard InChI is InChI=1S/C24H23N3O5S/c1-16-4-14-22(15-5-16)33(28,29)27-17(2)24-25-23(26-32-24)18-6-8-20(9-7-18)31-21-12-10-19(30-3)11-13-21/h4-15,17,27H,1-3H3/t17-/m0/s1. The predicted octanol–water partition coefficient (Wildman–Crippen LogP) is 4.89. The molecular weight excluding hydrogens is 442 g/mol. The van der Waals surface area contributed by atoms with Gasteiger partial charge in [-0.05, 0) is 74.5 Å². The molecule has 0 spiro atoms. The Hall–Kier alpha value is -3.69. The van der Waals surface area contributed by atoms with E-state index in [2.05, 4.69) is 14.9 Å². The molecule has 8 nitrogen and oxygen atoms in total. The van der Waals surface area contributed by atoms with Gasteiger partial charge in [0.1, 0.15) is 17.2 Å². The molecule has 0 radical (unpaired) electrons. The van der Waals surface area contributed by atoms with E-state index in [4.69, 9.17) is 14.0 Å². The van der Waals surface area contributed by atoms with Crippen molar-refractivity contribution in [3.05, 3.63) is 84.3 Å². The summed E-state index contributed by atoms with van der Waals surface area (Å²) in [5.74, 6) is 2.59. The largest absolute Gasteiger partial charge is 0.497 e. The lowest BCUT2D eigenvalue weighted by Crippen LogP contribution is -2.27. The highest BCUT2D eigenvalue weighted by molar-refractivity contribution is 7.89. The number of hydrogen-bond acceptors (Lipinski definition) is 7. The molecule has 33 heavy (non-hydrogen) atoms. The Labute approximate surface area is 192 Å². The molecule has 0 aliphatic rings. The van der Waals surface area contributed by atoms with E-state index in [1.54, 1.807) is 62.6 Å². The molecule has 4 aromatic rings. The molecule has 9 heteroatoms. The number of benzene rings is 3. The van der Waals surface area contributed by atoms with Crippen LogP contribution in [0.4, 0.5) is 0 Å². The van der Waals surface area contributed by atoms with Crippen LogP contribution < -0.4 is 14.2 Å². The van der Waals surface area contributed by atoms with Crippen molar-refractivity contribution in [1.29, 1.82) is 0 Å². The van der Waals surface area contributed by atoms with E-state index in [-0.39, 0.29) is 10.8 Å². The number of aromatic nitrogens is 2. The minimum Gasteiger partial charge on any atom is -0.497 e. The first-order chi connectivity index (χ1) is 15.8. The quantitative estimate of drug-likeness (QED) is 0.395. The van der Waals surface area contributed by atoms with E-state index >= 15 is 0 Å². The number of rotatable bonds is 8. The molecule has 0 amide bonds. The van der Waals surface area contributed by atoms with Crippen molar-refractivity contribution in [3.63, 3.8) is 0 Å². The van der Waals surface area contributed by atoms with Gasteiger partial charge in [0.05, 0.1) is 18.0 Å². The molecule has 4 rings (SSSR count). The normalized spacial score (nSPS) is 12.3. The number of ether oxygens (including phenoxy) is 2. The van der Waals surface area contributed by atoms with Crippen molar-refractivity contribution < 1.29 is 22.4 Å². The summed E-state index contributed by atoms with van der Waals surface area (Å²) in [6, 6.07) is 20.3. The summed E-state index contributed by atoms with van der Waals surface area (Å²) in [6.07, 6.45) is 0. The molecule has 0 unspecified atom stereocenters. The van der Waals surface area contributed by atoms with Gasteiger partial charge in [-0.2, -0.15) is 9.71 Å². The van der Waals surface area contributed by atoms with Gasteiger partial charge in [0, 0.05) is 5.56 Å². The van der Waals surface area contributed by atoms with Crippen LogP contribution in [0.3, 0.4) is 0 Å². The molecule has 1 N–H and O–H groups in total. The second kappa shape index (κ2) is 9.43. The lowest BCUT2D eigenvalue weighted by atomic mass is 10.2. The third-order valence-corrected chi connectivity index (χ3v) is 6.44. The number of sulfonamides is 1. The molecule has 0 aliphatic heterocycles. The Morgan fingerprint density at radius 2 is 1.45 bits per heavy atom. The van der Waals surface area contributed by atoms with Gasteiger partial charge in [0.15, 0.2) is 0 Å². The zero-order valence-electron chi connectivity index (χ0n) is 18.3. The molecule has 3 aromatic carbocycles. The van der Waals surface area contributed by atoms with Crippen LogP contribution in [0.25, 0.3) is 11.4 Å². The fraction of sp³-hybridized carbons (Fsp3) is 0.167. The third-order valence-electron chi connectivity index (χ3n) is 4.88. The van der Waals surface area contributed by atoms with E-state index in [0.29, 0.717) is 22.9 Å². The van der Waals surface area contributed by atoms with Crippen LogP contribution in [-0.4, -0.2) is 25.7 Å². The monoisotopic (exact) mass is 465 g/mol. The maximum atomic E-state index is 12.6. The summed E-state index contributed by atoms with van der Waals surface area (Å²) in [5, 5.41) is 3.98. The van der Waals surface area contributed by atoms with Gasteiger partial charge < -0.3 is 14.0 Å². The molecular formula is C24H23N3O5S. The minimum absolute atomic E-state index is 0.166. The lowest BCUT2D eigenvalue weighted by molar-refractivity contribution is 0.354. The van der Waals surface area contributed by atoms with Gasteiger partial charge in [-0.15, -0.1) is 0 Å². The molecule has 1 aromatic heterocycles. The Bertz CT molecular complexity index is 1320. The van der Waals surface area contributed by atoms with Crippen LogP contribution in [-0.2, 0) is 10.0 Å². The lowest BCUT2D eigenvalue weighted by Gasteiger charge is -2.10. The van der Waals surface area contributed by atoms with E-state index in [0.717, 1.165) is 11.3 Å². The zero-order valence-corrected chi connectivity index (χ0v) is 19.2. The van der Waals surface area contributed by atoms with Crippen molar-refractivity contribution in [2.45, 2.75) is 24.8 Å². The average Bonchev–Trinajstić information content (AvgIpc) is 3.31. The average molecular weight is 466 g/mol. The molecule has 0 saturated carbocycles. The van der Waals surface area contributed by atoms with Crippen LogP contribution >= 0.6 is 0 Å². The van der Waals surface area contributed by atoms with Crippen molar-refractivity contribution in [1.82, 2.24) is 14.9 Å². The van der Waals surface area contributed by atoms with Gasteiger partial charge in [-0.25, -0.2) is 8.42 Å². The van der Waals surface area contributed by atoms with Crippen LogP contribution in [0.1, 0.15) is 24.4 Å². The summed E-state index contributed by atoms with van der Waals surface area (Å²) >= 11 is 0. The second-order valence-electron chi connectivity index (χ2n) is 7.41. The van der Waals surface area contributed by atoms with Gasteiger partial charge >= 0.3 is 0 Å². The van der Waals surface area contributed by atoms with Crippen LogP contribution in [0, 0.1) is 6.92 Å². The smallest absolute Gasteiger partial charge is 0.244 e. The number of hydrogen-bond donors (Lipinski definition) is 1. The van der Waals surface area contributed by atoms with Crippen molar-refractivity contribution in [2.24, 2.45) is 0 Å². The van der Waals surface area contributed by atoms with Crippen molar-refractivity contribution in [2.75, 3.05) is 7.11 Å². The van der Waals surface area contributed by atoms with Gasteiger partial charge in [0.2, 0.25) is 21.7 Å². The Morgan fingerprint density at radius 3 is 2.06 bits per heavy atom. The van der Waals surface area contributed by atoms with Crippen molar-refractivity contribution in [3.8, 4) is 28.6 Å². The topological polar surface area (TPSA) is 104 Å². The summed E-state index contributed by atoms with van der Waals surface area (Å²) in [5.41, 5.74) is 1.68. The van der Waals surface area contributed by atoms with E-state index < -0.39 is 16.1 Å². The number of nitrogens with zero attached hydrogens (tertiary/aromatic N) is 2. The highest BCUT2D eigenvalue weighted by Gasteiger charge is 2.22. The summed E-state index contributed by atoms with van der Waals surface area (Å²) in [6.45, 7) is 3.54. The number of aryl methyl sites for hydroxylation is 1. The first-order valence-corrected chi connectivity index (χ1v) is 11.7. The Morgan fingerprint density at radius 1 is 0.879 bits per heavy atom. The predicted molar refractivity (Wildman–Crippen MR) is 123 cm³/mol. The first-order valence-electron chi connectivity index (χ1n) is 10.2. The van der Waals surface area contributed by atoms with Crippen molar-refractivity contribution >= 4 is 10.0 Å². The van der Waals surface area contributed by atoms with Gasteiger partial charge in [0.25, 0.3) is 0 Å². The molecule has 170 valence electrons. The van der Waals surface area contributed by atoms with Crippen LogP contribution in [0.15, 0.2) is 82.2 Å². The second-order valence-corrected chi connectivity index (χ2v) is 9.13. The first kappa shape index (κ1) is 22.5. The van der Waals surface area contributed by atoms with E-state index in [1.807, 2.05) is 31.2 Å². The maximum absolute atomic E-state index is 12.6. The SMILES string of the molecule is COc1ccc(Oc2ccc(-c3noc([C@H](C)NS(=O)(=O)c4ccc(C)cc4)n3)cc2)cc1. The highest BCUT2D eigenvalue weighted by Crippen LogP contribution is 2.27. The molecule has 1 heterocycles. The zero-order chi connectivity index (χ0) is 23.4. The molecule has 0 bridgehead atoms. The highest BCUT2D eigenvalue weighted by atomic mass is 32.2. The Balaban J connectivity index is 1.43. The molecule has 1 atom stereocenters. The minimum atomic E-state index is -3.72. The number of nitrogens with one attached hydrogen (secondary N) is 1. The van der Waals surface area contributed by atoms with Crippen LogP contribution in [0.2, 0.25) is 0 Å². The van der Waals surface area contributed by atoms with E-state index in [9.17, 15) is 8.42 Å². The molecule has 0 fully saturated rings. The fourth-order valence-corrected chi connectivity index (χ4v) is 4.25. The molecule has 0 saturated heterocycles. The summed E-state index contributed by atoms with van der Waals surface area (Å²) in [4.78, 5) is 4.52. The van der Waals surface area contributed by atoms with Crippen LogP contribution in [0.5, 0.6) is 17.2 Å².